The maximum Gasteiger partial charge on any atom is 0.137 e. The topological polar surface area (TPSA) is 17.3 Å². The van der Waals surface area contributed by atoms with Gasteiger partial charge in [-0.25, -0.2) is 4.98 Å². The second kappa shape index (κ2) is 2.95. The van der Waals surface area contributed by atoms with E-state index < -0.39 is 0 Å². The molecule has 2 aromatic rings. The van der Waals surface area contributed by atoms with Gasteiger partial charge >= 0.3 is 0 Å². The minimum absolute atomic E-state index is 0.0832. The van der Waals surface area contributed by atoms with E-state index in [9.17, 15) is 0 Å². The fourth-order valence-corrected chi connectivity index (χ4v) is 1.25. The number of fused-ring (bicyclic) bond motifs is 1. The second-order valence-corrected chi connectivity index (χ2v) is 3.02. The Hall–Kier alpha value is -1.75. The fraction of sp³-hybridized carbons (Fsp3) is 0.182. The first-order valence-electron chi connectivity index (χ1n) is 4.21. The summed E-state index contributed by atoms with van der Waals surface area (Å²) in [6, 6.07) is 5.90. The highest BCUT2D eigenvalue weighted by Gasteiger charge is 2.05. The van der Waals surface area contributed by atoms with Crippen molar-refractivity contribution >= 4 is 5.65 Å². The van der Waals surface area contributed by atoms with E-state index in [1.807, 2.05) is 41.9 Å². The van der Waals surface area contributed by atoms with Crippen molar-refractivity contribution in [1.29, 1.82) is 0 Å². The molecule has 2 nitrogen and oxygen atoms in total. The zero-order valence-electron chi connectivity index (χ0n) is 7.44. The normalized spacial score (nSPS) is 12.6. The molecule has 2 rings (SSSR count). The molecular weight excluding hydrogens is 160 g/mol. The number of aromatic nitrogens is 2. The predicted molar refractivity (Wildman–Crippen MR) is 52.4 cm³/mol. The summed E-state index contributed by atoms with van der Waals surface area (Å²) in [6.45, 7) is 1.97. The summed E-state index contributed by atoms with van der Waals surface area (Å²) in [5.41, 5.74) is 1.90. The fourth-order valence-electron chi connectivity index (χ4n) is 1.25. The van der Waals surface area contributed by atoms with Crippen molar-refractivity contribution in [2.24, 2.45) is 0 Å². The smallest absolute Gasteiger partial charge is 0.137 e. The molecule has 64 valence electrons. The molecule has 0 aliphatic carbocycles. The molecule has 0 bridgehead atoms. The van der Waals surface area contributed by atoms with Gasteiger partial charge in [0.25, 0.3) is 0 Å². The van der Waals surface area contributed by atoms with Crippen LogP contribution in [0.1, 0.15) is 18.5 Å². The third kappa shape index (κ3) is 1.29. The Morgan fingerprint density at radius 3 is 3.08 bits per heavy atom. The van der Waals surface area contributed by atoms with Gasteiger partial charge in [0.05, 0.1) is 11.6 Å². The van der Waals surface area contributed by atoms with Gasteiger partial charge in [-0.3, -0.25) is 0 Å². The first-order valence-corrected chi connectivity index (χ1v) is 4.21. The van der Waals surface area contributed by atoms with Gasteiger partial charge in [-0.1, -0.05) is 12.0 Å². The molecule has 0 spiro atoms. The molecule has 0 fully saturated rings. The number of hydrogen-bond acceptors (Lipinski definition) is 1. The van der Waals surface area contributed by atoms with E-state index >= 15 is 0 Å². The summed E-state index contributed by atoms with van der Waals surface area (Å²) in [6.07, 6.45) is 9.27. The van der Waals surface area contributed by atoms with Crippen LogP contribution in [0.15, 0.2) is 30.6 Å². The predicted octanol–water partition coefficient (Wildman–Crippen LogP) is 2.07. The van der Waals surface area contributed by atoms with Crippen molar-refractivity contribution in [2.75, 3.05) is 0 Å². The summed E-state index contributed by atoms with van der Waals surface area (Å²) in [7, 11) is 0. The molecule has 2 heteroatoms. The monoisotopic (exact) mass is 170 g/mol. The van der Waals surface area contributed by atoms with E-state index in [2.05, 4.69) is 10.9 Å². The maximum absolute atomic E-state index is 5.33. The highest BCUT2D eigenvalue weighted by Crippen LogP contribution is 2.13. The van der Waals surface area contributed by atoms with Gasteiger partial charge < -0.3 is 4.40 Å². The number of pyridine rings is 1. The Morgan fingerprint density at radius 1 is 1.54 bits per heavy atom. The molecule has 0 saturated heterocycles. The van der Waals surface area contributed by atoms with Gasteiger partial charge in [0.2, 0.25) is 0 Å². The molecule has 13 heavy (non-hydrogen) atoms. The van der Waals surface area contributed by atoms with Gasteiger partial charge in [0.15, 0.2) is 0 Å². The van der Waals surface area contributed by atoms with Crippen LogP contribution in [0.25, 0.3) is 5.65 Å². The Bertz CT molecular complexity index is 429. The van der Waals surface area contributed by atoms with Crippen LogP contribution >= 0.6 is 0 Å². The average molecular weight is 170 g/mol. The molecule has 0 aliphatic rings. The third-order valence-corrected chi connectivity index (χ3v) is 2.08. The lowest BCUT2D eigenvalue weighted by atomic mass is 10.1. The molecule has 0 amide bonds. The average Bonchev–Trinajstić information content (AvgIpc) is 2.59. The van der Waals surface area contributed by atoms with Crippen molar-refractivity contribution in [3.05, 3.63) is 36.3 Å². The van der Waals surface area contributed by atoms with E-state index in [-0.39, 0.29) is 5.92 Å². The van der Waals surface area contributed by atoms with Gasteiger partial charge in [-0.05, 0) is 19.1 Å². The summed E-state index contributed by atoms with van der Waals surface area (Å²) in [5.74, 6) is 2.75. The van der Waals surface area contributed by atoms with Gasteiger partial charge in [0, 0.05) is 12.4 Å². The molecular formula is C11H10N2. The van der Waals surface area contributed by atoms with Gasteiger partial charge in [-0.2, -0.15) is 0 Å². The molecule has 0 N–H and O–H groups in total. The minimum Gasteiger partial charge on any atom is -0.307 e. The minimum atomic E-state index is 0.0832. The molecule has 0 aromatic carbocycles. The lowest BCUT2D eigenvalue weighted by molar-refractivity contribution is 0.957. The number of nitrogens with zero attached hydrogens (tertiary/aromatic N) is 2. The lowest BCUT2D eigenvalue weighted by Crippen LogP contribution is -1.87. The maximum atomic E-state index is 5.33. The first kappa shape index (κ1) is 7.88. The molecule has 0 radical (unpaired) electrons. The molecule has 2 aromatic heterocycles. The lowest BCUT2D eigenvalue weighted by Gasteiger charge is -1.94. The molecule has 0 saturated carbocycles. The number of hydrogen-bond donors (Lipinski definition) is 0. The molecule has 2 heterocycles. The first-order chi connectivity index (χ1) is 6.31. The van der Waals surface area contributed by atoms with Crippen LogP contribution in [0.5, 0.6) is 0 Å². The zero-order valence-corrected chi connectivity index (χ0v) is 7.44. The Balaban J connectivity index is 2.57. The van der Waals surface area contributed by atoms with E-state index in [1.165, 1.54) is 0 Å². The molecule has 1 unspecified atom stereocenters. The largest absolute Gasteiger partial charge is 0.307 e. The SMILES string of the molecule is C#CC(C)c1cn2ccccc2n1. The van der Waals surface area contributed by atoms with Crippen molar-refractivity contribution in [3.63, 3.8) is 0 Å². The summed E-state index contributed by atoms with van der Waals surface area (Å²) < 4.78 is 1.98. The van der Waals surface area contributed by atoms with Gasteiger partial charge in [-0.15, -0.1) is 6.42 Å². The van der Waals surface area contributed by atoms with Crippen molar-refractivity contribution < 1.29 is 0 Å². The third-order valence-electron chi connectivity index (χ3n) is 2.08. The van der Waals surface area contributed by atoms with Crippen LogP contribution in [0.2, 0.25) is 0 Å². The van der Waals surface area contributed by atoms with Crippen molar-refractivity contribution in [1.82, 2.24) is 9.38 Å². The summed E-state index contributed by atoms with van der Waals surface area (Å²) in [5, 5.41) is 0. The highest BCUT2D eigenvalue weighted by atomic mass is 15.0. The number of rotatable bonds is 1. The Kier molecular flexibility index (Phi) is 1.79. The summed E-state index contributed by atoms with van der Waals surface area (Å²) >= 11 is 0. The van der Waals surface area contributed by atoms with E-state index in [0.29, 0.717) is 0 Å². The van der Waals surface area contributed by atoms with Crippen LogP contribution in [-0.2, 0) is 0 Å². The van der Waals surface area contributed by atoms with E-state index in [1.54, 1.807) is 0 Å². The number of imidazole rings is 1. The van der Waals surface area contributed by atoms with Crippen LogP contribution in [-0.4, -0.2) is 9.38 Å². The second-order valence-electron chi connectivity index (χ2n) is 3.02. The standard InChI is InChI=1S/C11H10N2/c1-3-9(2)10-8-13-7-5-4-6-11(13)12-10/h1,4-9H,2H3. The highest BCUT2D eigenvalue weighted by molar-refractivity contribution is 5.40. The van der Waals surface area contributed by atoms with Crippen LogP contribution in [0.3, 0.4) is 0 Å². The van der Waals surface area contributed by atoms with Crippen LogP contribution in [0.4, 0.5) is 0 Å². The van der Waals surface area contributed by atoms with Crippen LogP contribution in [0, 0.1) is 12.3 Å². The van der Waals surface area contributed by atoms with Crippen LogP contribution < -0.4 is 0 Å². The zero-order chi connectivity index (χ0) is 9.26. The van der Waals surface area contributed by atoms with E-state index in [4.69, 9.17) is 6.42 Å². The molecule has 1 atom stereocenters. The molecule has 0 aliphatic heterocycles. The summed E-state index contributed by atoms with van der Waals surface area (Å²) in [4.78, 5) is 4.40. The van der Waals surface area contributed by atoms with Crippen molar-refractivity contribution in [2.45, 2.75) is 12.8 Å². The number of terminal acetylenes is 1. The van der Waals surface area contributed by atoms with Crippen molar-refractivity contribution in [3.8, 4) is 12.3 Å². The Labute approximate surface area is 77.2 Å². The Morgan fingerprint density at radius 2 is 2.38 bits per heavy atom. The van der Waals surface area contributed by atoms with Gasteiger partial charge in [0.1, 0.15) is 5.65 Å². The van der Waals surface area contributed by atoms with E-state index in [0.717, 1.165) is 11.3 Å². The quantitative estimate of drug-likeness (QED) is 0.599.